The number of aromatic nitrogens is 2. The van der Waals surface area contributed by atoms with Gasteiger partial charge >= 0.3 is 12.1 Å². The van der Waals surface area contributed by atoms with Crippen molar-refractivity contribution in [2.45, 2.75) is 39.8 Å². The fourth-order valence-corrected chi connectivity index (χ4v) is 2.05. The van der Waals surface area contributed by atoms with Crippen molar-refractivity contribution in [2.75, 3.05) is 18.5 Å². The second-order valence-electron chi connectivity index (χ2n) is 5.84. The number of nitrogens with one attached hydrogen (secondary N) is 1. The first-order chi connectivity index (χ1) is 11.2. The molecule has 0 radical (unpaired) electrons. The third-order valence-corrected chi connectivity index (χ3v) is 3.17. The predicted molar refractivity (Wildman–Crippen MR) is 90.5 cm³/mol. The van der Waals surface area contributed by atoms with Gasteiger partial charge in [-0.1, -0.05) is 15.9 Å². The van der Waals surface area contributed by atoms with Crippen LogP contribution < -0.4 is 5.32 Å². The fourth-order valence-electron chi connectivity index (χ4n) is 1.76. The molecule has 0 aliphatic rings. The zero-order chi connectivity index (χ0) is 18.3. The van der Waals surface area contributed by atoms with Gasteiger partial charge in [-0.25, -0.2) is 9.59 Å². The van der Waals surface area contributed by atoms with Crippen molar-refractivity contribution in [3.63, 3.8) is 0 Å². The van der Waals surface area contributed by atoms with E-state index in [0.717, 1.165) is 0 Å². The van der Waals surface area contributed by atoms with Crippen molar-refractivity contribution in [1.29, 1.82) is 0 Å². The maximum absolute atomic E-state index is 11.9. The van der Waals surface area contributed by atoms with Gasteiger partial charge in [-0.3, -0.25) is 9.48 Å². The number of Topliss-reactive ketones (excluding diaryl/α,β-unsaturated/α-hetero) is 1. The standard InChI is InChI=1S/C15H22BrN3O5/c1-5-23-13(21)10-8-11(12(20)9-16)19(18-10)7-6-17-14(22)24-15(2,3)4/h8H,5-7,9H2,1-4H3,(H,17,22). The average Bonchev–Trinajstić information content (AvgIpc) is 2.89. The Bertz CT molecular complexity index is 607. The molecule has 1 heterocycles. The summed E-state index contributed by atoms with van der Waals surface area (Å²) in [6.07, 6.45) is -0.561. The lowest BCUT2D eigenvalue weighted by atomic mass is 10.2. The minimum Gasteiger partial charge on any atom is -0.461 e. The van der Waals surface area contributed by atoms with E-state index in [9.17, 15) is 14.4 Å². The molecule has 0 atom stereocenters. The predicted octanol–water partition coefficient (Wildman–Crippen LogP) is 2.16. The van der Waals surface area contributed by atoms with E-state index in [1.807, 2.05) is 0 Å². The Morgan fingerprint density at radius 3 is 2.54 bits per heavy atom. The molecule has 0 spiro atoms. The highest BCUT2D eigenvalue weighted by molar-refractivity contribution is 9.09. The monoisotopic (exact) mass is 403 g/mol. The molecule has 0 aliphatic carbocycles. The van der Waals surface area contributed by atoms with Gasteiger partial charge in [0.05, 0.1) is 18.5 Å². The molecule has 1 amide bonds. The molecule has 8 nitrogen and oxygen atoms in total. The number of alkyl carbamates (subject to hydrolysis) is 1. The molecule has 0 fully saturated rings. The van der Waals surface area contributed by atoms with Crippen molar-refractivity contribution in [3.05, 3.63) is 17.5 Å². The molecule has 1 aromatic heterocycles. The molecule has 134 valence electrons. The van der Waals surface area contributed by atoms with E-state index in [1.165, 1.54) is 10.7 Å². The molecule has 0 unspecified atom stereocenters. The number of hydrogen-bond donors (Lipinski definition) is 1. The molecule has 0 aliphatic heterocycles. The lowest BCUT2D eigenvalue weighted by Crippen LogP contribution is -2.34. The quantitative estimate of drug-likeness (QED) is 0.425. The minimum absolute atomic E-state index is 0.0541. The topological polar surface area (TPSA) is 99.5 Å². The van der Waals surface area contributed by atoms with E-state index in [1.54, 1.807) is 27.7 Å². The zero-order valence-corrected chi connectivity index (χ0v) is 15.8. The van der Waals surface area contributed by atoms with Crippen LogP contribution in [0.15, 0.2) is 6.07 Å². The maximum Gasteiger partial charge on any atom is 0.407 e. The number of carbonyl (C=O) groups excluding carboxylic acids is 3. The number of alkyl halides is 1. The number of rotatable bonds is 7. The zero-order valence-electron chi connectivity index (χ0n) is 14.2. The highest BCUT2D eigenvalue weighted by Gasteiger charge is 2.20. The molecule has 24 heavy (non-hydrogen) atoms. The van der Waals surface area contributed by atoms with E-state index >= 15 is 0 Å². The number of nitrogens with zero attached hydrogens (tertiary/aromatic N) is 2. The molecule has 0 aromatic carbocycles. The Morgan fingerprint density at radius 1 is 1.33 bits per heavy atom. The summed E-state index contributed by atoms with van der Waals surface area (Å²) in [5.74, 6) is -0.824. The van der Waals surface area contributed by atoms with Gasteiger partial charge in [-0.15, -0.1) is 0 Å². The molecule has 1 aromatic rings. The van der Waals surface area contributed by atoms with Gasteiger partial charge in [0, 0.05) is 12.6 Å². The summed E-state index contributed by atoms with van der Waals surface area (Å²) in [7, 11) is 0. The lowest BCUT2D eigenvalue weighted by molar-refractivity contribution is 0.0507. The van der Waals surface area contributed by atoms with Crippen LogP contribution in [-0.2, 0) is 16.0 Å². The van der Waals surface area contributed by atoms with E-state index < -0.39 is 17.7 Å². The number of ketones is 1. The van der Waals surface area contributed by atoms with Crippen LogP contribution in [0.2, 0.25) is 0 Å². The van der Waals surface area contributed by atoms with Crippen LogP contribution >= 0.6 is 15.9 Å². The number of halogens is 1. The Morgan fingerprint density at radius 2 is 2.00 bits per heavy atom. The molecule has 0 saturated carbocycles. The molecule has 0 bridgehead atoms. The largest absolute Gasteiger partial charge is 0.461 e. The van der Waals surface area contributed by atoms with Gasteiger partial charge in [-0.2, -0.15) is 5.10 Å². The SMILES string of the molecule is CCOC(=O)c1cc(C(=O)CBr)n(CCNC(=O)OC(C)(C)C)n1. The number of hydrogen-bond acceptors (Lipinski definition) is 6. The minimum atomic E-state index is -0.597. The average molecular weight is 404 g/mol. The number of ether oxygens (including phenoxy) is 2. The van der Waals surface area contributed by atoms with Gasteiger partial charge in [0.1, 0.15) is 11.3 Å². The second kappa shape index (κ2) is 8.81. The van der Waals surface area contributed by atoms with Crippen molar-refractivity contribution >= 4 is 33.8 Å². The smallest absolute Gasteiger partial charge is 0.407 e. The summed E-state index contributed by atoms with van der Waals surface area (Å²) in [5.41, 5.74) is -0.274. The molecule has 1 rings (SSSR count). The summed E-state index contributed by atoms with van der Waals surface area (Å²) < 4.78 is 11.4. The number of esters is 1. The van der Waals surface area contributed by atoms with Gasteiger partial charge in [0.15, 0.2) is 11.5 Å². The molecule has 0 saturated heterocycles. The third-order valence-electron chi connectivity index (χ3n) is 2.66. The van der Waals surface area contributed by atoms with Crippen LogP contribution in [0.4, 0.5) is 4.79 Å². The summed E-state index contributed by atoms with van der Waals surface area (Å²) in [4.78, 5) is 35.3. The van der Waals surface area contributed by atoms with E-state index in [-0.39, 0.29) is 42.2 Å². The second-order valence-corrected chi connectivity index (χ2v) is 6.40. The number of amides is 1. The highest BCUT2D eigenvalue weighted by Crippen LogP contribution is 2.09. The normalized spacial score (nSPS) is 11.0. The molecular weight excluding hydrogens is 382 g/mol. The van der Waals surface area contributed by atoms with Crippen molar-refractivity contribution in [3.8, 4) is 0 Å². The maximum atomic E-state index is 11.9. The van der Waals surface area contributed by atoms with Crippen LogP contribution in [0.1, 0.15) is 48.7 Å². The number of carbonyl (C=O) groups is 3. The first kappa shape index (κ1) is 20.1. The Kier molecular flexibility index (Phi) is 7.40. The van der Waals surface area contributed by atoms with Crippen LogP contribution in [0.5, 0.6) is 0 Å². The first-order valence-electron chi connectivity index (χ1n) is 7.49. The lowest BCUT2D eigenvalue weighted by Gasteiger charge is -2.19. The summed E-state index contributed by atoms with van der Waals surface area (Å²) >= 11 is 3.09. The Balaban J connectivity index is 2.77. The van der Waals surface area contributed by atoms with Crippen LogP contribution in [0.25, 0.3) is 0 Å². The fraction of sp³-hybridized carbons (Fsp3) is 0.600. The molecule has 1 N–H and O–H groups in total. The van der Waals surface area contributed by atoms with Gasteiger partial charge in [0.2, 0.25) is 0 Å². The summed E-state index contributed by atoms with van der Waals surface area (Å²) in [5, 5.41) is 6.75. The van der Waals surface area contributed by atoms with Crippen LogP contribution in [0.3, 0.4) is 0 Å². The molecule has 9 heteroatoms. The third kappa shape index (κ3) is 6.31. The van der Waals surface area contributed by atoms with E-state index in [2.05, 4.69) is 26.3 Å². The van der Waals surface area contributed by atoms with Crippen LogP contribution in [-0.4, -0.2) is 51.7 Å². The van der Waals surface area contributed by atoms with Crippen LogP contribution in [0, 0.1) is 0 Å². The van der Waals surface area contributed by atoms with Gasteiger partial charge in [0.25, 0.3) is 0 Å². The van der Waals surface area contributed by atoms with Crippen molar-refractivity contribution in [2.24, 2.45) is 0 Å². The van der Waals surface area contributed by atoms with E-state index in [0.29, 0.717) is 0 Å². The summed E-state index contributed by atoms with van der Waals surface area (Å²) in [6, 6.07) is 1.38. The Labute approximate surface area is 149 Å². The first-order valence-corrected chi connectivity index (χ1v) is 8.61. The van der Waals surface area contributed by atoms with Crippen molar-refractivity contribution in [1.82, 2.24) is 15.1 Å². The van der Waals surface area contributed by atoms with Crippen molar-refractivity contribution < 1.29 is 23.9 Å². The van der Waals surface area contributed by atoms with Gasteiger partial charge < -0.3 is 14.8 Å². The Hall–Kier alpha value is -1.90. The molecular formula is C15H22BrN3O5. The van der Waals surface area contributed by atoms with Gasteiger partial charge in [-0.05, 0) is 27.7 Å². The van der Waals surface area contributed by atoms with E-state index in [4.69, 9.17) is 9.47 Å². The highest BCUT2D eigenvalue weighted by atomic mass is 79.9. The summed E-state index contributed by atoms with van der Waals surface area (Å²) in [6.45, 7) is 7.60.